The van der Waals surface area contributed by atoms with Crippen molar-refractivity contribution in [3.8, 4) is 0 Å². The van der Waals surface area contributed by atoms with E-state index in [1.807, 2.05) is 24.3 Å². The van der Waals surface area contributed by atoms with E-state index in [0.29, 0.717) is 0 Å². The van der Waals surface area contributed by atoms with Crippen LogP contribution in [0, 0.1) is 0 Å². The van der Waals surface area contributed by atoms with Crippen LogP contribution in [0.15, 0.2) is 43.1 Å². The maximum absolute atomic E-state index is 11.1. The van der Waals surface area contributed by atoms with Gasteiger partial charge >= 0.3 is 5.97 Å². The number of halogens is 1. The molecule has 0 amide bonds. The standard InChI is InChI=1S/C13H14N2O2.ClH/c1-2-13(14,12(16)17)7-9-8-15-11-6-4-3-5-10(9)11;/h2-6,8,15H,1,7,14H2,(H,16,17);1H. The molecule has 1 aromatic carbocycles. The summed E-state index contributed by atoms with van der Waals surface area (Å²) in [7, 11) is 0. The Morgan fingerprint density at radius 3 is 2.78 bits per heavy atom. The number of rotatable bonds is 4. The predicted molar refractivity (Wildman–Crippen MR) is 74.0 cm³/mol. The van der Waals surface area contributed by atoms with Crippen LogP contribution in [-0.2, 0) is 11.2 Å². The van der Waals surface area contributed by atoms with Crippen molar-refractivity contribution in [2.75, 3.05) is 0 Å². The van der Waals surface area contributed by atoms with Gasteiger partial charge in [0.05, 0.1) is 0 Å². The zero-order valence-electron chi connectivity index (χ0n) is 9.72. The quantitative estimate of drug-likeness (QED) is 0.742. The number of hydrogen-bond donors (Lipinski definition) is 3. The zero-order chi connectivity index (χ0) is 12.5. The van der Waals surface area contributed by atoms with E-state index in [2.05, 4.69) is 11.6 Å². The molecule has 0 aliphatic carbocycles. The van der Waals surface area contributed by atoms with Gasteiger partial charge in [-0.1, -0.05) is 24.3 Å². The smallest absolute Gasteiger partial charge is 0.328 e. The number of H-pyrrole nitrogens is 1. The number of fused-ring (bicyclic) bond motifs is 1. The Labute approximate surface area is 111 Å². The minimum atomic E-state index is -1.43. The Morgan fingerprint density at radius 1 is 1.50 bits per heavy atom. The fraction of sp³-hybridized carbons (Fsp3) is 0.154. The topological polar surface area (TPSA) is 79.1 Å². The summed E-state index contributed by atoms with van der Waals surface area (Å²) < 4.78 is 0. The summed E-state index contributed by atoms with van der Waals surface area (Å²) >= 11 is 0. The molecule has 2 rings (SSSR count). The number of para-hydroxylation sites is 1. The molecule has 0 spiro atoms. The molecule has 2 aromatic rings. The van der Waals surface area contributed by atoms with Gasteiger partial charge < -0.3 is 15.8 Å². The largest absolute Gasteiger partial charge is 0.480 e. The summed E-state index contributed by atoms with van der Waals surface area (Å²) in [6.07, 6.45) is 3.28. The van der Waals surface area contributed by atoms with E-state index in [0.717, 1.165) is 16.5 Å². The molecular formula is C13H15ClN2O2. The third kappa shape index (κ3) is 2.39. The van der Waals surface area contributed by atoms with Gasteiger partial charge in [0, 0.05) is 23.5 Å². The number of aliphatic carboxylic acids is 1. The van der Waals surface area contributed by atoms with E-state index in [1.165, 1.54) is 6.08 Å². The van der Waals surface area contributed by atoms with E-state index in [1.54, 1.807) is 6.20 Å². The van der Waals surface area contributed by atoms with Gasteiger partial charge in [0.25, 0.3) is 0 Å². The third-order valence-corrected chi connectivity index (χ3v) is 2.92. The monoisotopic (exact) mass is 266 g/mol. The van der Waals surface area contributed by atoms with Crippen molar-refractivity contribution in [1.82, 2.24) is 4.98 Å². The second-order valence-corrected chi connectivity index (χ2v) is 4.09. The second-order valence-electron chi connectivity index (χ2n) is 4.09. The van der Waals surface area contributed by atoms with Crippen LogP contribution >= 0.6 is 12.4 Å². The molecule has 1 heterocycles. The van der Waals surface area contributed by atoms with Crippen LogP contribution < -0.4 is 5.73 Å². The summed E-state index contributed by atoms with van der Waals surface area (Å²) in [5, 5.41) is 10.1. The van der Waals surface area contributed by atoms with Gasteiger partial charge in [0.1, 0.15) is 5.54 Å². The molecule has 1 unspecified atom stereocenters. The van der Waals surface area contributed by atoms with Crippen molar-refractivity contribution >= 4 is 29.3 Å². The summed E-state index contributed by atoms with van der Waals surface area (Å²) in [6.45, 7) is 3.50. The van der Waals surface area contributed by atoms with Crippen molar-refractivity contribution in [2.45, 2.75) is 12.0 Å². The Morgan fingerprint density at radius 2 is 2.17 bits per heavy atom. The van der Waals surface area contributed by atoms with E-state index in [4.69, 9.17) is 10.8 Å². The van der Waals surface area contributed by atoms with Gasteiger partial charge in [-0.05, 0) is 11.6 Å². The fourth-order valence-corrected chi connectivity index (χ4v) is 1.83. The summed E-state index contributed by atoms with van der Waals surface area (Å²) in [5.41, 5.74) is 6.22. The molecule has 18 heavy (non-hydrogen) atoms. The number of aromatic amines is 1. The fourth-order valence-electron chi connectivity index (χ4n) is 1.83. The van der Waals surface area contributed by atoms with Crippen LogP contribution in [0.5, 0.6) is 0 Å². The predicted octanol–water partition coefficient (Wildman–Crippen LogP) is 2.10. The Balaban J connectivity index is 0.00000162. The van der Waals surface area contributed by atoms with E-state index in [9.17, 15) is 4.79 Å². The van der Waals surface area contributed by atoms with Crippen LogP contribution in [0.4, 0.5) is 0 Å². The number of aromatic nitrogens is 1. The lowest BCUT2D eigenvalue weighted by Gasteiger charge is -2.19. The van der Waals surface area contributed by atoms with E-state index < -0.39 is 11.5 Å². The summed E-state index contributed by atoms with van der Waals surface area (Å²) in [5.74, 6) is -1.07. The van der Waals surface area contributed by atoms with Crippen molar-refractivity contribution in [1.29, 1.82) is 0 Å². The van der Waals surface area contributed by atoms with Crippen molar-refractivity contribution in [3.63, 3.8) is 0 Å². The van der Waals surface area contributed by atoms with Gasteiger partial charge in [-0.25, -0.2) is 4.79 Å². The number of benzene rings is 1. The van der Waals surface area contributed by atoms with Gasteiger partial charge in [-0.3, -0.25) is 0 Å². The molecular weight excluding hydrogens is 252 g/mol. The van der Waals surface area contributed by atoms with Crippen molar-refractivity contribution in [2.24, 2.45) is 5.73 Å². The highest BCUT2D eigenvalue weighted by Crippen LogP contribution is 2.22. The van der Waals surface area contributed by atoms with Crippen LogP contribution in [0.3, 0.4) is 0 Å². The van der Waals surface area contributed by atoms with Crippen LogP contribution in [-0.4, -0.2) is 21.6 Å². The first-order valence-electron chi connectivity index (χ1n) is 5.28. The van der Waals surface area contributed by atoms with Gasteiger partial charge in [0.15, 0.2) is 0 Å². The molecule has 0 fully saturated rings. The molecule has 0 saturated carbocycles. The first kappa shape index (κ1) is 14.3. The Bertz CT molecular complexity index is 579. The highest BCUT2D eigenvalue weighted by atomic mass is 35.5. The van der Waals surface area contributed by atoms with Gasteiger partial charge in [-0.2, -0.15) is 0 Å². The second kappa shape index (κ2) is 5.25. The molecule has 1 aromatic heterocycles. The van der Waals surface area contributed by atoms with Crippen molar-refractivity contribution < 1.29 is 9.90 Å². The minimum Gasteiger partial charge on any atom is -0.480 e. The van der Waals surface area contributed by atoms with E-state index in [-0.39, 0.29) is 18.8 Å². The average molecular weight is 267 g/mol. The van der Waals surface area contributed by atoms with Crippen LogP contribution in [0.2, 0.25) is 0 Å². The number of nitrogens with two attached hydrogens (primary N) is 1. The maximum Gasteiger partial charge on any atom is 0.328 e. The van der Waals surface area contributed by atoms with Crippen LogP contribution in [0.1, 0.15) is 5.56 Å². The molecule has 0 bridgehead atoms. The lowest BCUT2D eigenvalue weighted by Crippen LogP contribution is -2.47. The summed E-state index contributed by atoms with van der Waals surface area (Å²) in [4.78, 5) is 14.2. The number of carboxylic acid groups (broad SMARTS) is 1. The highest BCUT2D eigenvalue weighted by molar-refractivity contribution is 5.86. The van der Waals surface area contributed by atoms with Gasteiger partial charge in [-0.15, -0.1) is 19.0 Å². The molecule has 5 heteroatoms. The Kier molecular flexibility index (Phi) is 4.16. The molecule has 0 radical (unpaired) electrons. The first-order chi connectivity index (χ1) is 8.07. The average Bonchev–Trinajstić information content (AvgIpc) is 2.72. The van der Waals surface area contributed by atoms with Crippen LogP contribution in [0.25, 0.3) is 10.9 Å². The first-order valence-corrected chi connectivity index (χ1v) is 5.28. The Hall–Kier alpha value is -1.78. The number of hydrogen-bond acceptors (Lipinski definition) is 2. The molecule has 96 valence electrons. The van der Waals surface area contributed by atoms with E-state index >= 15 is 0 Å². The highest BCUT2D eigenvalue weighted by Gasteiger charge is 2.31. The number of nitrogens with one attached hydrogen (secondary N) is 1. The number of carboxylic acids is 1. The molecule has 4 N–H and O–H groups in total. The normalized spacial score (nSPS) is 13.6. The number of carbonyl (C=O) groups is 1. The minimum absolute atomic E-state index is 0. The lowest BCUT2D eigenvalue weighted by atomic mass is 9.92. The molecule has 0 aliphatic rings. The van der Waals surface area contributed by atoms with Gasteiger partial charge in [0.2, 0.25) is 0 Å². The zero-order valence-corrected chi connectivity index (χ0v) is 10.5. The summed E-state index contributed by atoms with van der Waals surface area (Å²) in [6, 6.07) is 7.70. The van der Waals surface area contributed by atoms with Crippen molar-refractivity contribution in [3.05, 3.63) is 48.7 Å². The lowest BCUT2D eigenvalue weighted by molar-refractivity contribution is -0.141. The SMILES string of the molecule is C=CC(N)(Cc1c[nH]c2ccccc12)C(=O)O.Cl. The molecule has 4 nitrogen and oxygen atoms in total. The molecule has 0 aliphatic heterocycles. The third-order valence-electron chi connectivity index (χ3n) is 2.92. The molecule has 1 atom stereocenters. The molecule has 0 saturated heterocycles. The maximum atomic E-state index is 11.1.